The number of nitrogens with two attached hydrogens (primary N) is 1. The topological polar surface area (TPSA) is 161 Å². The summed E-state index contributed by atoms with van der Waals surface area (Å²) in [4.78, 5) is 14.6. The van der Waals surface area contributed by atoms with Crippen LogP contribution in [0, 0.1) is 23.2 Å². The average Bonchev–Trinajstić information content (AvgIpc) is 3.61. The monoisotopic (exact) mass is 786 g/mol. The fourth-order valence-electron chi connectivity index (χ4n) is 6.43. The third-order valence-electron chi connectivity index (χ3n) is 9.56. The van der Waals surface area contributed by atoms with E-state index in [1.165, 1.54) is 103 Å². The molecule has 1 aromatic carbocycles. The number of anilines is 1. The Hall–Kier alpha value is -2.86. The molecule has 0 saturated carbocycles. The van der Waals surface area contributed by atoms with Crippen LogP contribution < -0.4 is 5.73 Å². The number of hydrogen-bond donors (Lipinski definition) is 2. The zero-order valence-corrected chi connectivity index (χ0v) is 34.3. The largest absolute Gasteiger partial charge is 0.382 e. The van der Waals surface area contributed by atoms with E-state index in [0.29, 0.717) is 35.9 Å². The number of aromatic nitrogens is 3. The van der Waals surface area contributed by atoms with Crippen LogP contribution in [0.3, 0.4) is 0 Å². The van der Waals surface area contributed by atoms with Gasteiger partial charge in [0.05, 0.1) is 43.7 Å². The number of halogens is 1. The minimum atomic E-state index is -2.12. The maximum absolute atomic E-state index is 10.6. The van der Waals surface area contributed by atoms with Crippen molar-refractivity contribution < 1.29 is 23.4 Å². The Labute approximate surface area is 330 Å². The molecule has 0 aliphatic heterocycles. The number of nitriles is 2. The van der Waals surface area contributed by atoms with E-state index in [1.807, 2.05) is 18.2 Å². The van der Waals surface area contributed by atoms with Gasteiger partial charge in [-0.3, -0.25) is 0 Å². The van der Waals surface area contributed by atoms with Crippen molar-refractivity contribution in [3.63, 3.8) is 0 Å². The first kappa shape index (κ1) is 47.3. The summed E-state index contributed by atoms with van der Waals surface area (Å²) in [5, 5.41) is 20.6. The van der Waals surface area contributed by atoms with Crippen LogP contribution in [0.2, 0.25) is 5.02 Å². The number of ether oxygens (including phenoxy) is 2. The molecule has 0 fully saturated rings. The summed E-state index contributed by atoms with van der Waals surface area (Å²) in [6, 6.07) is 11.2. The third-order valence-corrected chi connectivity index (χ3v) is 10.5. The lowest BCUT2D eigenvalue weighted by Crippen LogP contribution is -2.21. The standard InChI is InChI=1S/C40H63ClN5O5P.CHN/c1-3-4-5-6-7-8-9-10-11-12-13-14-15-16-17-18-19-20-38(49-29-34-25-33(28-42)26-35(41)27-34)31-51-52(47)50-30-37(48-2)23-21-36-22-24-39-40(43)44-32-45-46(36)39;1-2/h22,24-27,32,37-38,47H,3-21,23,29-31H2,1-2H3,(H2,43,44,45);1H. The number of rotatable bonds is 31. The number of unbranched alkanes of at least 4 members (excludes halogenated alkanes) is 16. The first-order chi connectivity index (χ1) is 26.4. The van der Waals surface area contributed by atoms with E-state index in [2.05, 4.69) is 29.6 Å². The molecule has 0 radical (unpaired) electrons. The third kappa shape index (κ3) is 20.2. The Morgan fingerprint density at radius 1 is 0.852 bits per heavy atom. The van der Waals surface area contributed by atoms with Gasteiger partial charge >= 0.3 is 8.60 Å². The molecule has 300 valence electrons. The summed E-state index contributed by atoms with van der Waals surface area (Å²) in [6.45, 7) is 6.45. The Bertz CT molecular complexity index is 1470. The van der Waals surface area contributed by atoms with Gasteiger partial charge in [-0.1, -0.05) is 128 Å². The molecule has 0 saturated heterocycles. The second-order valence-electron chi connectivity index (χ2n) is 13.8. The summed E-state index contributed by atoms with van der Waals surface area (Å²) < 4.78 is 25.1. The Balaban J connectivity index is 0.00000495. The Kier molecular flexibility index (Phi) is 26.6. The summed E-state index contributed by atoms with van der Waals surface area (Å²) in [5.74, 6) is 0.433. The molecular formula is C41H64ClN6O5P. The van der Waals surface area contributed by atoms with Gasteiger partial charge in [0.15, 0.2) is 5.82 Å². The number of hydrogen-bond acceptors (Lipinski definition) is 10. The highest BCUT2D eigenvalue weighted by Gasteiger charge is 2.18. The molecule has 0 spiro atoms. The number of nitrogens with zero attached hydrogens (tertiary/aromatic N) is 5. The molecule has 54 heavy (non-hydrogen) atoms. The van der Waals surface area contributed by atoms with Crippen LogP contribution in [-0.4, -0.2) is 52.0 Å². The molecule has 3 aromatic rings. The van der Waals surface area contributed by atoms with Gasteiger partial charge in [-0.25, -0.2) is 14.8 Å². The van der Waals surface area contributed by atoms with Crippen LogP contribution in [0.4, 0.5) is 5.82 Å². The zero-order chi connectivity index (χ0) is 39.2. The van der Waals surface area contributed by atoms with Gasteiger partial charge in [-0.2, -0.15) is 10.4 Å². The highest BCUT2D eigenvalue weighted by atomic mass is 35.5. The van der Waals surface area contributed by atoms with Crippen molar-refractivity contribution in [3.8, 4) is 12.6 Å². The van der Waals surface area contributed by atoms with Crippen molar-refractivity contribution in [1.29, 1.82) is 10.5 Å². The SMILES string of the molecule is C#N.CCCCCCCCCCCCCCCCCCCC(COP(O)OCC(CCc1ccc2c(N)ncnn12)OC)OCc1cc(Cl)cc(C#N)c1. The maximum Gasteiger partial charge on any atom is 0.330 e. The molecule has 2 aromatic heterocycles. The number of aryl methyl sites for hydroxylation is 1. The zero-order valence-electron chi connectivity index (χ0n) is 32.7. The molecule has 0 aliphatic carbocycles. The van der Waals surface area contributed by atoms with E-state index >= 15 is 0 Å². The molecule has 0 amide bonds. The molecular weight excluding hydrogens is 723 g/mol. The average molecular weight is 787 g/mol. The predicted molar refractivity (Wildman–Crippen MR) is 218 cm³/mol. The number of fused-ring (bicyclic) bond motifs is 1. The van der Waals surface area contributed by atoms with Gasteiger partial charge in [0.2, 0.25) is 0 Å². The highest BCUT2D eigenvalue weighted by molar-refractivity contribution is 7.40. The summed E-state index contributed by atoms with van der Waals surface area (Å²) in [5.41, 5.74) is 9.03. The van der Waals surface area contributed by atoms with Gasteiger partial charge in [0, 0.05) is 24.4 Å². The number of benzene rings is 1. The van der Waals surface area contributed by atoms with E-state index in [9.17, 15) is 10.2 Å². The minimum absolute atomic E-state index is 0.184. The summed E-state index contributed by atoms with van der Waals surface area (Å²) in [6.07, 6.45) is 25.6. The smallest absolute Gasteiger partial charge is 0.330 e. The van der Waals surface area contributed by atoms with Gasteiger partial charge in [0.25, 0.3) is 0 Å². The van der Waals surface area contributed by atoms with Gasteiger partial charge in [0.1, 0.15) is 11.8 Å². The van der Waals surface area contributed by atoms with Crippen molar-refractivity contribution in [2.75, 3.05) is 26.1 Å². The van der Waals surface area contributed by atoms with Crippen LogP contribution in [0.1, 0.15) is 146 Å². The quantitative estimate of drug-likeness (QED) is 0.0474. The predicted octanol–water partition coefficient (Wildman–Crippen LogP) is 10.8. The molecule has 2 heterocycles. The van der Waals surface area contributed by atoms with Gasteiger partial charge in [-0.05, 0) is 55.2 Å². The van der Waals surface area contributed by atoms with E-state index in [4.69, 9.17) is 41.1 Å². The van der Waals surface area contributed by atoms with Crippen molar-refractivity contribution in [1.82, 2.24) is 14.6 Å². The maximum atomic E-state index is 10.6. The Morgan fingerprint density at radius 3 is 2.00 bits per heavy atom. The molecule has 3 unspecified atom stereocenters. The lowest BCUT2D eigenvalue weighted by molar-refractivity contribution is -0.00528. The Morgan fingerprint density at radius 2 is 1.43 bits per heavy atom. The van der Waals surface area contributed by atoms with E-state index in [1.54, 1.807) is 23.8 Å². The van der Waals surface area contributed by atoms with E-state index in [-0.39, 0.29) is 25.4 Å². The molecule has 3 rings (SSSR count). The second kappa shape index (κ2) is 30.4. The molecule has 3 N–H and O–H groups in total. The molecule has 3 atom stereocenters. The fraction of sp³-hybridized carbons (Fsp3) is 0.659. The molecule has 11 nitrogen and oxygen atoms in total. The van der Waals surface area contributed by atoms with Crippen LogP contribution >= 0.6 is 20.2 Å². The first-order valence-electron chi connectivity index (χ1n) is 19.8. The van der Waals surface area contributed by atoms with Crippen molar-refractivity contribution in [3.05, 3.63) is 58.5 Å². The highest BCUT2D eigenvalue weighted by Crippen LogP contribution is 2.34. The first-order valence-corrected chi connectivity index (χ1v) is 21.4. The summed E-state index contributed by atoms with van der Waals surface area (Å²) >= 11 is 6.22. The van der Waals surface area contributed by atoms with E-state index in [0.717, 1.165) is 36.0 Å². The lowest BCUT2D eigenvalue weighted by Gasteiger charge is -2.21. The van der Waals surface area contributed by atoms with Crippen LogP contribution in [0.5, 0.6) is 0 Å². The lowest BCUT2D eigenvalue weighted by atomic mass is 10.0. The van der Waals surface area contributed by atoms with E-state index < -0.39 is 8.60 Å². The van der Waals surface area contributed by atoms with Crippen molar-refractivity contribution in [2.45, 2.75) is 154 Å². The number of nitrogen functional groups attached to an aromatic ring is 1. The summed E-state index contributed by atoms with van der Waals surface area (Å²) in [7, 11) is -0.498. The van der Waals surface area contributed by atoms with Crippen LogP contribution in [-0.2, 0) is 31.5 Å². The normalized spacial score (nSPS) is 12.9. The molecule has 0 aliphatic rings. The van der Waals surface area contributed by atoms with Gasteiger partial charge < -0.3 is 29.1 Å². The van der Waals surface area contributed by atoms with Crippen molar-refractivity contribution in [2.24, 2.45) is 0 Å². The number of methoxy groups -OCH3 is 1. The molecule has 0 bridgehead atoms. The second-order valence-corrected chi connectivity index (χ2v) is 15.3. The van der Waals surface area contributed by atoms with Crippen molar-refractivity contribution >= 4 is 31.5 Å². The minimum Gasteiger partial charge on any atom is -0.382 e. The van der Waals surface area contributed by atoms with Crippen LogP contribution in [0.25, 0.3) is 5.52 Å². The molecule has 13 heteroatoms. The van der Waals surface area contributed by atoms with Gasteiger partial charge in [-0.15, -0.1) is 0 Å². The van der Waals surface area contributed by atoms with Crippen LogP contribution in [0.15, 0.2) is 36.7 Å². The fourth-order valence-corrected chi connectivity index (χ4v) is 7.35.